The fourth-order valence-electron chi connectivity index (χ4n) is 1.44. The van der Waals surface area contributed by atoms with Crippen LogP contribution in [-0.2, 0) is 4.79 Å². The number of hydrogen-bond donors (Lipinski definition) is 2. The van der Waals surface area contributed by atoms with Crippen LogP contribution in [0.3, 0.4) is 0 Å². The van der Waals surface area contributed by atoms with Gasteiger partial charge in [0, 0.05) is 11.6 Å². The molecule has 5 heteroatoms. The Kier molecular flexibility index (Phi) is 4.57. The van der Waals surface area contributed by atoms with Crippen LogP contribution in [0.4, 0.5) is 8.78 Å². The highest BCUT2D eigenvalue weighted by atomic mass is 19.1. The van der Waals surface area contributed by atoms with Gasteiger partial charge in [0.2, 0.25) is 5.91 Å². The second-order valence-corrected chi connectivity index (χ2v) is 3.91. The van der Waals surface area contributed by atoms with Crippen LogP contribution in [0, 0.1) is 11.6 Å². The lowest BCUT2D eigenvalue weighted by Gasteiger charge is -2.17. The summed E-state index contributed by atoms with van der Waals surface area (Å²) < 4.78 is 26.1. The minimum absolute atomic E-state index is 0.239. The first-order chi connectivity index (χ1) is 7.95. The molecule has 0 spiro atoms. The molecule has 3 N–H and O–H groups in total. The molecule has 1 rings (SSSR count). The van der Waals surface area contributed by atoms with E-state index in [2.05, 4.69) is 5.32 Å². The van der Waals surface area contributed by atoms with Crippen molar-refractivity contribution in [3.63, 3.8) is 0 Å². The molecule has 0 heterocycles. The number of amides is 1. The Morgan fingerprint density at radius 1 is 1.47 bits per heavy atom. The van der Waals surface area contributed by atoms with Crippen LogP contribution in [-0.4, -0.2) is 11.9 Å². The second-order valence-electron chi connectivity index (χ2n) is 3.91. The molecule has 0 bridgehead atoms. The number of rotatable bonds is 4. The van der Waals surface area contributed by atoms with E-state index in [1.165, 1.54) is 6.07 Å². The fraction of sp³-hybridized carbons (Fsp3) is 0.417. The Labute approximate surface area is 99.0 Å². The van der Waals surface area contributed by atoms with Crippen LogP contribution < -0.4 is 11.1 Å². The van der Waals surface area contributed by atoms with Crippen molar-refractivity contribution in [2.24, 2.45) is 5.73 Å². The molecule has 2 atom stereocenters. The average Bonchev–Trinajstić information content (AvgIpc) is 2.27. The summed E-state index contributed by atoms with van der Waals surface area (Å²) in [4.78, 5) is 11.5. The van der Waals surface area contributed by atoms with Gasteiger partial charge in [0.1, 0.15) is 11.6 Å². The van der Waals surface area contributed by atoms with Crippen molar-refractivity contribution in [2.75, 3.05) is 0 Å². The number of nitrogens with two attached hydrogens (primary N) is 1. The predicted molar refractivity (Wildman–Crippen MR) is 61.2 cm³/mol. The predicted octanol–water partition coefficient (Wildman–Crippen LogP) is 1.88. The number of benzene rings is 1. The van der Waals surface area contributed by atoms with Crippen molar-refractivity contribution in [3.8, 4) is 0 Å². The topological polar surface area (TPSA) is 55.1 Å². The van der Waals surface area contributed by atoms with Gasteiger partial charge in [0.05, 0.1) is 12.1 Å². The second kappa shape index (κ2) is 5.72. The molecule has 0 fully saturated rings. The molecule has 0 aromatic heterocycles. The SMILES string of the molecule is CC[C@H](N)C(=O)NC(C)c1ccc(F)cc1F. The van der Waals surface area contributed by atoms with Crippen LogP contribution in [0.2, 0.25) is 0 Å². The summed E-state index contributed by atoms with van der Waals surface area (Å²) in [6, 6.07) is 2.10. The van der Waals surface area contributed by atoms with E-state index in [9.17, 15) is 13.6 Å². The smallest absolute Gasteiger partial charge is 0.237 e. The lowest BCUT2D eigenvalue weighted by Crippen LogP contribution is -2.41. The lowest BCUT2D eigenvalue weighted by atomic mass is 10.1. The monoisotopic (exact) mass is 242 g/mol. The van der Waals surface area contributed by atoms with E-state index < -0.39 is 23.7 Å². The van der Waals surface area contributed by atoms with E-state index in [0.29, 0.717) is 6.42 Å². The highest BCUT2D eigenvalue weighted by molar-refractivity contribution is 5.81. The molecule has 0 saturated carbocycles. The number of carbonyl (C=O) groups is 1. The summed E-state index contributed by atoms with van der Waals surface area (Å²) in [5, 5.41) is 2.58. The molecule has 94 valence electrons. The fourth-order valence-corrected chi connectivity index (χ4v) is 1.44. The third-order valence-electron chi connectivity index (χ3n) is 2.56. The van der Waals surface area contributed by atoms with Gasteiger partial charge < -0.3 is 11.1 Å². The molecule has 0 radical (unpaired) electrons. The highest BCUT2D eigenvalue weighted by Gasteiger charge is 2.17. The normalized spacial score (nSPS) is 14.2. The zero-order valence-electron chi connectivity index (χ0n) is 9.84. The van der Waals surface area contributed by atoms with Crippen molar-refractivity contribution in [3.05, 3.63) is 35.4 Å². The third-order valence-corrected chi connectivity index (χ3v) is 2.56. The van der Waals surface area contributed by atoms with Gasteiger partial charge in [-0.05, 0) is 19.4 Å². The molecule has 17 heavy (non-hydrogen) atoms. The molecule has 0 aliphatic carbocycles. The van der Waals surface area contributed by atoms with Crippen molar-refractivity contribution in [1.29, 1.82) is 0 Å². The van der Waals surface area contributed by atoms with Gasteiger partial charge in [-0.15, -0.1) is 0 Å². The van der Waals surface area contributed by atoms with E-state index >= 15 is 0 Å². The van der Waals surface area contributed by atoms with E-state index in [-0.39, 0.29) is 11.5 Å². The maximum atomic E-state index is 13.4. The van der Waals surface area contributed by atoms with Crippen LogP contribution in [0.15, 0.2) is 18.2 Å². The Morgan fingerprint density at radius 3 is 2.65 bits per heavy atom. The maximum absolute atomic E-state index is 13.4. The summed E-state index contributed by atoms with van der Waals surface area (Å²) in [5.74, 6) is -1.67. The molecular weight excluding hydrogens is 226 g/mol. The lowest BCUT2D eigenvalue weighted by molar-refractivity contribution is -0.123. The van der Waals surface area contributed by atoms with Gasteiger partial charge in [-0.3, -0.25) is 4.79 Å². The van der Waals surface area contributed by atoms with E-state index in [0.717, 1.165) is 12.1 Å². The van der Waals surface area contributed by atoms with Crippen molar-refractivity contribution in [1.82, 2.24) is 5.32 Å². The highest BCUT2D eigenvalue weighted by Crippen LogP contribution is 2.17. The number of halogens is 2. The van der Waals surface area contributed by atoms with Crippen LogP contribution in [0.5, 0.6) is 0 Å². The van der Waals surface area contributed by atoms with E-state index in [1.54, 1.807) is 13.8 Å². The van der Waals surface area contributed by atoms with Gasteiger partial charge in [-0.1, -0.05) is 13.0 Å². The van der Waals surface area contributed by atoms with Gasteiger partial charge in [0.15, 0.2) is 0 Å². The van der Waals surface area contributed by atoms with Crippen LogP contribution >= 0.6 is 0 Å². The zero-order chi connectivity index (χ0) is 13.0. The summed E-state index contributed by atoms with van der Waals surface area (Å²) in [6.07, 6.45) is 0.504. The Bertz CT molecular complexity index is 409. The van der Waals surface area contributed by atoms with E-state index in [1.807, 2.05) is 0 Å². The quantitative estimate of drug-likeness (QED) is 0.847. The summed E-state index contributed by atoms with van der Waals surface area (Å²) in [5.41, 5.74) is 5.78. The maximum Gasteiger partial charge on any atom is 0.237 e. The Balaban J connectivity index is 2.76. The largest absolute Gasteiger partial charge is 0.348 e. The number of hydrogen-bond acceptors (Lipinski definition) is 2. The van der Waals surface area contributed by atoms with Gasteiger partial charge in [-0.25, -0.2) is 8.78 Å². The number of nitrogens with one attached hydrogen (secondary N) is 1. The van der Waals surface area contributed by atoms with Gasteiger partial charge in [-0.2, -0.15) is 0 Å². The summed E-state index contributed by atoms with van der Waals surface area (Å²) in [6.45, 7) is 3.41. The Morgan fingerprint density at radius 2 is 2.12 bits per heavy atom. The molecule has 1 aromatic carbocycles. The molecule has 0 saturated heterocycles. The standard InChI is InChI=1S/C12H16F2N2O/c1-3-11(15)12(17)16-7(2)9-5-4-8(13)6-10(9)14/h4-7,11H,3,15H2,1-2H3,(H,16,17)/t7?,11-/m0/s1. The van der Waals surface area contributed by atoms with Crippen molar-refractivity contribution in [2.45, 2.75) is 32.4 Å². The van der Waals surface area contributed by atoms with Gasteiger partial charge in [0.25, 0.3) is 0 Å². The molecule has 0 aliphatic rings. The zero-order valence-corrected chi connectivity index (χ0v) is 9.84. The van der Waals surface area contributed by atoms with Crippen molar-refractivity contribution < 1.29 is 13.6 Å². The number of carbonyl (C=O) groups excluding carboxylic acids is 1. The molecule has 1 amide bonds. The third kappa shape index (κ3) is 3.49. The van der Waals surface area contributed by atoms with Gasteiger partial charge >= 0.3 is 0 Å². The molecule has 0 aliphatic heterocycles. The van der Waals surface area contributed by atoms with E-state index in [4.69, 9.17) is 5.73 Å². The molecule has 3 nitrogen and oxygen atoms in total. The Hall–Kier alpha value is -1.49. The minimum atomic E-state index is -0.678. The van der Waals surface area contributed by atoms with Crippen LogP contribution in [0.25, 0.3) is 0 Å². The summed E-state index contributed by atoms with van der Waals surface area (Å²) >= 11 is 0. The minimum Gasteiger partial charge on any atom is -0.348 e. The first-order valence-electron chi connectivity index (χ1n) is 5.46. The average molecular weight is 242 g/mol. The molecule has 1 unspecified atom stereocenters. The van der Waals surface area contributed by atoms with Crippen molar-refractivity contribution >= 4 is 5.91 Å². The summed E-state index contributed by atoms with van der Waals surface area (Å²) in [7, 11) is 0. The van der Waals surface area contributed by atoms with Crippen LogP contribution in [0.1, 0.15) is 31.9 Å². The molecule has 1 aromatic rings. The first kappa shape index (κ1) is 13.6. The first-order valence-corrected chi connectivity index (χ1v) is 5.46. The molecular formula is C12H16F2N2O.